The van der Waals surface area contributed by atoms with Gasteiger partial charge >= 0.3 is 0 Å². The Kier molecular flexibility index (Phi) is 3.88. The Bertz CT molecular complexity index is 320. The number of ether oxygens (including phenoxy) is 2. The Labute approximate surface area is 95.8 Å². The van der Waals surface area contributed by atoms with Crippen LogP contribution < -0.4 is 5.73 Å². The van der Waals surface area contributed by atoms with Gasteiger partial charge in [-0.15, -0.1) is 0 Å². The van der Waals surface area contributed by atoms with Gasteiger partial charge < -0.3 is 15.2 Å². The summed E-state index contributed by atoms with van der Waals surface area (Å²) in [6.07, 6.45) is 2.59. The lowest BCUT2D eigenvalue weighted by molar-refractivity contribution is -0.0968. The Morgan fingerprint density at radius 2 is 2.38 bits per heavy atom. The molecule has 16 heavy (non-hydrogen) atoms. The fraction of sp³-hybridized carbons (Fsp3) is 0.583. The van der Waals surface area contributed by atoms with E-state index in [2.05, 4.69) is 4.98 Å². The number of nitrogens with zero attached hydrogens (tertiary/aromatic N) is 1. The second-order valence-electron chi connectivity index (χ2n) is 4.18. The molecule has 2 atom stereocenters. The van der Waals surface area contributed by atoms with Crippen molar-refractivity contribution in [2.45, 2.75) is 25.5 Å². The molecule has 1 aromatic heterocycles. The lowest BCUT2D eigenvalue weighted by atomic mass is 10.1. The van der Waals surface area contributed by atoms with Gasteiger partial charge in [-0.05, 0) is 18.6 Å². The van der Waals surface area contributed by atoms with Crippen molar-refractivity contribution in [2.24, 2.45) is 5.73 Å². The van der Waals surface area contributed by atoms with E-state index in [1.54, 1.807) is 0 Å². The normalized spacial score (nSPS) is 23.0. The molecule has 4 heteroatoms. The van der Waals surface area contributed by atoms with Gasteiger partial charge in [0.2, 0.25) is 0 Å². The predicted octanol–water partition coefficient (Wildman–Crippen LogP) is 0.675. The molecule has 0 aromatic carbocycles. The third kappa shape index (κ3) is 3.01. The second-order valence-corrected chi connectivity index (χ2v) is 4.18. The minimum Gasteiger partial charge on any atom is -0.376 e. The summed E-state index contributed by atoms with van der Waals surface area (Å²) in [5, 5.41) is 0. The molecule has 2 heterocycles. The van der Waals surface area contributed by atoms with Gasteiger partial charge in [-0.2, -0.15) is 0 Å². The molecule has 2 unspecified atom stereocenters. The highest BCUT2D eigenvalue weighted by Crippen LogP contribution is 2.09. The zero-order valence-electron chi connectivity index (χ0n) is 9.56. The van der Waals surface area contributed by atoms with E-state index >= 15 is 0 Å². The fourth-order valence-corrected chi connectivity index (χ4v) is 1.75. The molecule has 0 bridgehead atoms. The minimum atomic E-state index is -0.0458. The highest BCUT2D eigenvalue weighted by atomic mass is 16.6. The molecule has 4 nitrogen and oxygen atoms in total. The van der Waals surface area contributed by atoms with E-state index in [-0.39, 0.29) is 12.1 Å². The molecule has 0 amide bonds. The average molecular weight is 222 g/mol. The van der Waals surface area contributed by atoms with Crippen molar-refractivity contribution in [1.82, 2.24) is 4.98 Å². The molecule has 0 saturated carbocycles. The number of aromatic nitrogens is 1. The SMILES string of the molecule is Cc1ccc(CC(N)C2COCCO2)nc1. The van der Waals surface area contributed by atoms with Gasteiger partial charge in [0.25, 0.3) is 0 Å². The smallest absolute Gasteiger partial charge is 0.0963 e. The third-order valence-electron chi connectivity index (χ3n) is 2.74. The highest BCUT2D eigenvalue weighted by molar-refractivity contribution is 5.13. The molecule has 1 aliphatic heterocycles. The van der Waals surface area contributed by atoms with Crippen LogP contribution in [0.3, 0.4) is 0 Å². The number of hydrogen-bond donors (Lipinski definition) is 1. The highest BCUT2D eigenvalue weighted by Gasteiger charge is 2.22. The molecule has 1 fully saturated rings. The maximum absolute atomic E-state index is 6.07. The minimum absolute atomic E-state index is 0.00291. The number of rotatable bonds is 3. The van der Waals surface area contributed by atoms with Crippen molar-refractivity contribution in [1.29, 1.82) is 0 Å². The molecule has 0 radical (unpaired) electrons. The summed E-state index contributed by atoms with van der Waals surface area (Å²) in [6, 6.07) is 4.02. The molecule has 2 N–H and O–H groups in total. The zero-order valence-corrected chi connectivity index (χ0v) is 9.56. The fourth-order valence-electron chi connectivity index (χ4n) is 1.75. The third-order valence-corrected chi connectivity index (χ3v) is 2.74. The maximum Gasteiger partial charge on any atom is 0.0963 e. The first-order chi connectivity index (χ1) is 7.75. The van der Waals surface area contributed by atoms with Crippen LogP contribution in [-0.2, 0) is 15.9 Å². The van der Waals surface area contributed by atoms with Crippen molar-refractivity contribution >= 4 is 0 Å². The zero-order chi connectivity index (χ0) is 11.4. The van der Waals surface area contributed by atoms with Gasteiger partial charge in [0, 0.05) is 24.4 Å². The van der Waals surface area contributed by atoms with Gasteiger partial charge in [0.05, 0.1) is 25.9 Å². The van der Waals surface area contributed by atoms with Crippen LogP contribution in [0.5, 0.6) is 0 Å². The van der Waals surface area contributed by atoms with Gasteiger partial charge in [-0.3, -0.25) is 4.98 Å². The van der Waals surface area contributed by atoms with Crippen LogP contribution in [0.25, 0.3) is 0 Å². The Morgan fingerprint density at radius 1 is 1.50 bits per heavy atom. The van der Waals surface area contributed by atoms with Crippen LogP contribution in [0.4, 0.5) is 0 Å². The summed E-state index contributed by atoms with van der Waals surface area (Å²) in [7, 11) is 0. The molecule has 0 spiro atoms. The van der Waals surface area contributed by atoms with Gasteiger partial charge in [0.15, 0.2) is 0 Å². The van der Waals surface area contributed by atoms with Crippen LogP contribution in [0, 0.1) is 6.92 Å². The van der Waals surface area contributed by atoms with E-state index < -0.39 is 0 Å². The van der Waals surface area contributed by atoms with Gasteiger partial charge in [-0.1, -0.05) is 6.07 Å². The van der Waals surface area contributed by atoms with Crippen molar-refractivity contribution in [3.63, 3.8) is 0 Å². The van der Waals surface area contributed by atoms with E-state index in [4.69, 9.17) is 15.2 Å². The summed E-state index contributed by atoms with van der Waals surface area (Å²) >= 11 is 0. The first-order valence-corrected chi connectivity index (χ1v) is 5.62. The molecule has 88 valence electrons. The molecule has 2 rings (SSSR count). The Hall–Kier alpha value is -0.970. The number of hydrogen-bond acceptors (Lipinski definition) is 4. The van der Waals surface area contributed by atoms with Crippen LogP contribution in [0.2, 0.25) is 0 Å². The molecular formula is C12H18N2O2. The lowest BCUT2D eigenvalue weighted by Crippen LogP contribution is -2.45. The summed E-state index contributed by atoms with van der Waals surface area (Å²) in [5.74, 6) is 0. The van der Waals surface area contributed by atoms with Crippen molar-refractivity contribution < 1.29 is 9.47 Å². The molecular weight excluding hydrogens is 204 g/mol. The van der Waals surface area contributed by atoms with E-state index in [1.165, 1.54) is 0 Å². The standard InChI is InChI=1S/C12H18N2O2/c1-9-2-3-10(14-7-9)6-11(13)12-8-15-4-5-16-12/h2-3,7,11-12H,4-6,8,13H2,1H3. The lowest BCUT2D eigenvalue weighted by Gasteiger charge is -2.27. The van der Waals surface area contributed by atoms with E-state index in [0.29, 0.717) is 19.8 Å². The first-order valence-electron chi connectivity index (χ1n) is 5.62. The van der Waals surface area contributed by atoms with Crippen LogP contribution >= 0.6 is 0 Å². The van der Waals surface area contributed by atoms with Crippen LogP contribution in [0.1, 0.15) is 11.3 Å². The van der Waals surface area contributed by atoms with E-state index in [1.807, 2.05) is 25.3 Å². The number of pyridine rings is 1. The van der Waals surface area contributed by atoms with Crippen LogP contribution in [-0.4, -0.2) is 37.0 Å². The van der Waals surface area contributed by atoms with E-state index in [0.717, 1.165) is 17.7 Å². The van der Waals surface area contributed by atoms with Gasteiger partial charge in [0.1, 0.15) is 0 Å². The molecule has 1 saturated heterocycles. The maximum atomic E-state index is 6.07. The first kappa shape index (κ1) is 11.5. The van der Waals surface area contributed by atoms with E-state index in [9.17, 15) is 0 Å². The average Bonchev–Trinajstić information content (AvgIpc) is 2.33. The summed E-state index contributed by atoms with van der Waals surface area (Å²) in [6.45, 7) is 3.92. The largest absolute Gasteiger partial charge is 0.376 e. The number of aryl methyl sites for hydroxylation is 1. The molecule has 1 aromatic rings. The van der Waals surface area contributed by atoms with Crippen molar-refractivity contribution in [3.05, 3.63) is 29.6 Å². The molecule has 1 aliphatic rings. The summed E-state index contributed by atoms with van der Waals surface area (Å²) in [5.41, 5.74) is 8.24. The Balaban J connectivity index is 1.90. The van der Waals surface area contributed by atoms with Crippen molar-refractivity contribution in [2.75, 3.05) is 19.8 Å². The Morgan fingerprint density at radius 3 is 3.00 bits per heavy atom. The van der Waals surface area contributed by atoms with Crippen molar-refractivity contribution in [3.8, 4) is 0 Å². The summed E-state index contributed by atoms with van der Waals surface area (Å²) in [4.78, 5) is 4.34. The summed E-state index contributed by atoms with van der Waals surface area (Å²) < 4.78 is 10.9. The quantitative estimate of drug-likeness (QED) is 0.817. The monoisotopic (exact) mass is 222 g/mol. The van der Waals surface area contributed by atoms with Gasteiger partial charge in [-0.25, -0.2) is 0 Å². The topological polar surface area (TPSA) is 57.4 Å². The van der Waals surface area contributed by atoms with Crippen LogP contribution in [0.15, 0.2) is 18.3 Å². The number of nitrogens with two attached hydrogens (primary N) is 1. The second kappa shape index (κ2) is 5.39. The molecule has 0 aliphatic carbocycles. The predicted molar refractivity (Wildman–Crippen MR) is 61.2 cm³/mol.